The lowest BCUT2D eigenvalue weighted by molar-refractivity contribution is 0.144. The summed E-state index contributed by atoms with van der Waals surface area (Å²) in [6, 6.07) is 19.8. The highest BCUT2D eigenvalue weighted by molar-refractivity contribution is 5.85. The number of carboxylic acid groups (broad SMARTS) is 1. The average Bonchev–Trinajstić information content (AvgIpc) is 3.41. The van der Waals surface area contributed by atoms with Crippen LogP contribution >= 0.6 is 0 Å². The first-order valence-corrected chi connectivity index (χ1v) is 14.3. The number of benzene rings is 3. The van der Waals surface area contributed by atoms with Gasteiger partial charge in [-0.25, -0.2) is 14.8 Å². The summed E-state index contributed by atoms with van der Waals surface area (Å²) in [4.78, 5) is 21.3. The van der Waals surface area contributed by atoms with Crippen LogP contribution in [0.15, 0.2) is 60.7 Å². The zero-order valence-electron chi connectivity index (χ0n) is 24.7. The Labute approximate surface area is 241 Å². The summed E-state index contributed by atoms with van der Waals surface area (Å²) in [5, 5.41) is 9.12. The molecule has 0 aliphatic rings. The van der Waals surface area contributed by atoms with Crippen molar-refractivity contribution < 1.29 is 14.6 Å². The third-order valence-corrected chi connectivity index (χ3v) is 7.63. The maximum atomic E-state index is 11.2. The van der Waals surface area contributed by atoms with Gasteiger partial charge >= 0.3 is 6.16 Å². The van der Waals surface area contributed by atoms with Gasteiger partial charge in [0.2, 0.25) is 0 Å². The van der Waals surface area contributed by atoms with Crippen LogP contribution in [0.25, 0.3) is 33.5 Å². The van der Waals surface area contributed by atoms with Gasteiger partial charge in [-0.05, 0) is 67.5 Å². The molecule has 0 atom stereocenters. The molecule has 41 heavy (non-hydrogen) atoms. The van der Waals surface area contributed by atoms with Crippen LogP contribution in [0.2, 0.25) is 0 Å². The summed E-state index contributed by atoms with van der Waals surface area (Å²) in [5.41, 5.74) is 9.53. The highest BCUT2D eigenvalue weighted by atomic mass is 16.7. The number of carbonyl (C=O) groups is 1. The van der Waals surface area contributed by atoms with Gasteiger partial charge in [0.15, 0.2) is 0 Å². The number of rotatable bonds is 9. The van der Waals surface area contributed by atoms with Gasteiger partial charge in [0.05, 0.1) is 16.7 Å². The monoisotopic (exact) mass is 550 g/mol. The van der Waals surface area contributed by atoms with Crippen molar-refractivity contribution in [3.05, 3.63) is 89.0 Å². The minimum Gasteiger partial charge on any atom is -0.449 e. The minimum atomic E-state index is -1.32. The summed E-state index contributed by atoms with van der Waals surface area (Å²) in [5.74, 6) is 2.93. The SMILES string of the molecule is CCCc1nc2c(C)cc(-c3nc(CC(C)C)c(C)n3C)cc2n1Cc1ccc(-c2ccccc2OC(=O)O)cc1. The molecule has 212 valence electrons. The standard InChI is InChI=1S/C34H38N4O3/c1-7-10-31-36-32-22(4)18-26(33-35-28(17-21(2)3)23(5)37(33)6)19-29(32)38(31)20-24-13-15-25(16-14-24)27-11-8-9-12-30(27)41-34(39)40/h8-9,11-16,18-19,21H,7,10,17,20H2,1-6H3,(H,39,40). The van der Waals surface area contributed by atoms with Crippen LogP contribution in [0.3, 0.4) is 0 Å². The Morgan fingerprint density at radius 2 is 1.73 bits per heavy atom. The van der Waals surface area contributed by atoms with Crippen molar-refractivity contribution >= 4 is 17.2 Å². The molecule has 5 rings (SSSR count). The number of aromatic nitrogens is 4. The molecule has 2 aromatic heterocycles. The molecule has 7 nitrogen and oxygen atoms in total. The lowest BCUT2D eigenvalue weighted by Gasteiger charge is -2.12. The van der Waals surface area contributed by atoms with Crippen molar-refractivity contribution in [3.8, 4) is 28.3 Å². The molecule has 5 aromatic rings. The summed E-state index contributed by atoms with van der Waals surface area (Å²) in [6.07, 6.45) is 1.53. The van der Waals surface area contributed by atoms with E-state index in [2.05, 4.69) is 75.1 Å². The van der Waals surface area contributed by atoms with E-state index >= 15 is 0 Å². The van der Waals surface area contributed by atoms with Crippen molar-refractivity contribution in [2.45, 2.75) is 60.4 Å². The predicted octanol–water partition coefficient (Wildman–Crippen LogP) is 7.98. The number of fused-ring (bicyclic) bond motifs is 1. The fourth-order valence-corrected chi connectivity index (χ4v) is 5.50. The zero-order chi connectivity index (χ0) is 29.3. The Hall–Kier alpha value is -4.39. The van der Waals surface area contributed by atoms with Gasteiger partial charge in [-0.3, -0.25) is 0 Å². The van der Waals surface area contributed by atoms with Crippen LogP contribution in [-0.2, 0) is 26.4 Å². The van der Waals surface area contributed by atoms with E-state index in [0.29, 0.717) is 18.2 Å². The van der Waals surface area contributed by atoms with Crippen molar-refractivity contribution in [3.63, 3.8) is 0 Å². The maximum absolute atomic E-state index is 11.2. The second kappa shape index (κ2) is 11.6. The Morgan fingerprint density at radius 1 is 1.00 bits per heavy atom. The van der Waals surface area contributed by atoms with Gasteiger partial charge in [0.25, 0.3) is 0 Å². The highest BCUT2D eigenvalue weighted by Crippen LogP contribution is 2.32. The van der Waals surface area contributed by atoms with E-state index in [1.807, 2.05) is 24.3 Å². The number of ether oxygens (including phenoxy) is 1. The number of aryl methyl sites for hydroxylation is 2. The van der Waals surface area contributed by atoms with Gasteiger partial charge in [0, 0.05) is 36.8 Å². The molecule has 0 unspecified atom stereocenters. The first-order chi connectivity index (χ1) is 19.7. The summed E-state index contributed by atoms with van der Waals surface area (Å²) in [6.45, 7) is 11.6. The largest absolute Gasteiger partial charge is 0.511 e. The van der Waals surface area contributed by atoms with E-state index in [4.69, 9.17) is 19.8 Å². The predicted molar refractivity (Wildman–Crippen MR) is 164 cm³/mol. The Kier molecular flexibility index (Phi) is 7.97. The van der Waals surface area contributed by atoms with E-state index in [0.717, 1.165) is 75.5 Å². The lowest BCUT2D eigenvalue weighted by atomic mass is 10.0. The first-order valence-electron chi connectivity index (χ1n) is 14.3. The van der Waals surface area contributed by atoms with Crippen molar-refractivity contribution in [2.24, 2.45) is 13.0 Å². The molecule has 0 bridgehead atoms. The molecule has 0 amide bonds. The molecule has 0 saturated heterocycles. The van der Waals surface area contributed by atoms with Crippen molar-refractivity contribution in [1.82, 2.24) is 19.1 Å². The number of imidazole rings is 2. The highest BCUT2D eigenvalue weighted by Gasteiger charge is 2.19. The van der Waals surface area contributed by atoms with E-state index < -0.39 is 6.16 Å². The number of hydrogen-bond donors (Lipinski definition) is 1. The van der Waals surface area contributed by atoms with Gasteiger partial charge < -0.3 is 19.0 Å². The van der Waals surface area contributed by atoms with Crippen LogP contribution in [0.4, 0.5) is 4.79 Å². The average molecular weight is 551 g/mol. The van der Waals surface area contributed by atoms with Crippen LogP contribution in [0.1, 0.15) is 55.5 Å². The molecule has 1 N–H and O–H groups in total. The molecule has 0 saturated carbocycles. The molecule has 0 aliphatic heterocycles. The second-order valence-corrected chi connectivity index (χ2v) is 11.2. The van der Waals surface area contributed by atoms with Gasteiger partial charge in [0.1, 0.15) is 17.4 Å². The van der Waals surface area contributed by atoms with Gasteiger partial charge in [-0.2, -0.15) is 0 Å². The smallest absolute Gasteiger partial charge is 0.449 e. The molecule has 2 heterocycles. The first kappa shape index (κ1) is 28.1. The number of nitrogens with zero attached hydrogens (tertiary/aromatic N) is 4. The quantitative estimate of drug-likeness (QED) is 0.149. The fourth-order valence-electron chi connectivity index (χ4n) is 5.50. The minimum absolute atomic E-state index is 0.322. The van der Waals surface area contributed by atoms with Crippen LogP contribution in [-0.4, -0.2) is 30.4 Å². The van der Waals surface area contributed by atoms with E-state index in [1.165, 1.54) is 5.69 Å². The Balaban J connectivity index is 1.54. The molecule has 0 aliphatic carbocycles. The van der Waals surface area contributed by atoms with Crippen molar-refractivity contribution in [1.29, 1.82) is 0 Å². The summed E-state index contributed by atoms with van der Waals surface area (Å²) in [7, 11) is 2.10. The summed E-state index contributed by atoms with van der Waals surface area (Å²) < 4.78 is 9.53. The molecule has 0 fully saturated rings. The number of para-hydroxylation sites is 1. The van der Waals surface area contributed by atoms with Crippen molar-refractivity contribution in [2.75, 3.05) is 0 Å². The van der Waals surface area contributed by atoms with E-state index in [1.54, 1.807) is 12.1 Å². The molecular weight excluding hydrogens is 512 g/mol. The Morgan fingerprint density at radius 3 is 2.41 bits per heavy atom. The molecule has 7 heteroatoms. The van der Waals surface area contributed by atoms with E-state index in [-0.39, 0.29) is 0 Å². The number of hydrogen-bond acceptors (Lipinski definition) is 4. The molecule has 0 spiro atoms. The molecular formula is C34H38N4O3. The second-order valence-electron chi connectivity index (χ2n) is 11.2. The molecule has 0 radical (unpaired) electrons. The summed E-state index contributed by atoms with van der Waals surface area (Å²) >= 11 is 0. The Bertz CT molecular complexity index is 1710. The van der Waals surface area contributed by atoms with E-state index in [9.17, 15) is 4.79 Å². The van der Waals surface area contributed by atoms with Crippen LogP contribution in [0.5, 0.6) is 5.75 Å². The normalized spacial score (nSPS) is 11.5. The maximum Gasteiger partial charge on any atom is 0.511 e. The van der Waals surface area contributed by atoms with Gasteiger partial charge in [-0.15, -0.1) is 0 Å². The third-order valence-electron chi connectivity index (χ3n) is 7.63. The molecule has 3 aromatic carbocycles. The fraction of sp³-hybridized carbons (Fsp3) is 0.324. The third kappa shape index (κ3) is 5.75. The van der Waals surface area contributed by atoms with Crippen LogP contribution in [0, 0.1) is 19.8 Å². The van der Waals surface area contributed by atoms with Gasteiger partial charge in [-0.1, -0.05) is 63.2 Å². The topological polar surface area (TPSA) is 82.2 Å². The lowest BCUT2D eigenvalue weighted by Crippen LogP contribution is -2.06. The van der Waals surface area contributed by atoms with Crippen LogP contribution < -0.4 is 4.74 Å². The zero-order valence-corrected chi connectivity index (χ0v) is 24.7.